The molecule has 2 heterocycles. The maximum absolute atomic E-state index is 13.4. The van der Waals surface area contributed by atoms with Crippen molar-refractivity contribution < 1.29 is 37.8 Å². The first kappa shape index (κ1) is 28.6. The molecule has 11 heteroatoms. The van der Waals surface area contributed by atoms with Crippen LogP contribution in [-0.4, -0.2) is 59.5 Å². The van der Waals surface area contributed by atoms with Crippen LogP contribution < -0.4 is 15.0 Å². The molecule has 3 aromatic rings. The summed E-state index contributed by atoms with van der Waals surface area (Å²) in [6, 6.07) is 7.05. The number of likely N-dealkylation sites (tertiary alicyclic amines) is 1. The van der Waals surface area contributed by atoms with Gasteiger partial charge < -0.3 is 14.6 Å². The van der Waals surface area contributed by atoms with Crippen LogP contribution in [0.5, 0.6) is 11.5 Å². The molecule has 1 amide bonds. The number of rotatable bonds is 10. The summed E-state index contributed by atoms with van der Waals surface area (Å²) in [6.45, 7) is 3.42. The first-order valence-electron chi connectivity index (χ1n) is 12.7. The molecule has 1 atom stereocenters. The lowest BCUT2D eigenvalue weighted by Gasteiger charge is -2.40. The van der Waals surface area contributed by atoms with Crippen molar-refractivity contribution in [1.29, 1.82) is 0 Å². The molecule has 0 unspecified atom stereocenters. The smallest absolute Gasteiger partial charge is 0.249 e. The second-order valence-corrected chi connectivity index (χ2v) is 9.90. The van der Waals surface area contributed by atoms with Crippen LogP contribution >= 0.6 is 0 Å². The number of halogens is 3. The van der Waals surface area contributed by atoms with Crippen LogP contribution in [0.3, 0.4) is 0 Å². The van der Waals surface area contributed by atoms with Crippen LogP contribution in [0.25, 0.3) is 10.9 Å². The van der Waals surface area contributed by atoms with Crippen molar-refractivity contribution >= 4 is 16.8 Å². The van der Waals surface area contributed by atoms with E-state index in [2.05, 4.69) is 4.98 Å². The van der Waals surface area contributed by atoms with Crippen molar-refractivity contribution in [2.45, 2.75) is 38.7 Å². The maximum atomic E-state index is 13.4. The average molecular weight is 548 g/mol. The topological polar surface area (TPSA) is 104 Å². The van der Waals surface area contributed by atoms with Gasteiger partial charge in [-0.15, -0.1) is 0 Å². The molecule has 210 valence electrons. The zero-order chi connectivity index (χ0) is 28.2. The molecule has 0 bridgehead atoms. The zero-order valence-electron chi connectivity index (χ0n) is 21.8. The highest BCUT2D eigenvalue weighted by Gasteiger charge is 2.41. The van der Waals surface area contributed by atoms with Crippen molar-refractivity contribution in [3.63, 3.8) is 0 Å². The predicted molar refractivity (Wildman–Crippen MR) is 137 cm³/mol. The zero-order valence-corrected chi connectivity index (χ0v) is 21.8. The number of aliphatic hydroxyl groups is 1. The van der Waals surface area contributed by atoms with E-state index in [0.717, 1.165) is 34.2 Å². The Hall–Kier alpha value is -3.41. The molecule has 4 rings (SSSR count). The Balaban J connectivity index is 1.39. The van der Waals surface area contributed by atoms with E-state index in [1.165, 1.54) is 0 Å². The lowest BCUT2D eigenvalue weighted by atomic mass is 9.73. The number of amides is 1. The SMILES string of the molecule is COc1ccc2ncc(C)c([C@H](O)CCC3(C(=O)NO)CCN(CCOc4cc(F)c(F)c(F)c4)CC3)c2c1. The summed E-state index contributed by atoms with van der Waals surface area (Å²) in [5.74, 6) is -4.15. The normalized spacial score (nSPS) is 16.2. The van der Waals surface area contributed by atoms with Crippen molar-refractivity contribution in [2.75, 3.05) is 33.4 Å². The fourth-order valence-corrected chi connectivity index (χ4v) is 5.24. The first-order chi connectivity index (χ1) is 18.7. The van der Waals surface area contributed by atoms with Crippen molar-refractivity contribution in [3.05, 3.63) is 65.1 Å². The number of nitrogens with one attached hydrogen (secondary N) is 1. The van der Waals surface area contributed by atoms with Crippen LogP contribution in [0.1, 0.15) is 42.9 Å². The number of aryl methyl sites for hydroxylation is 1. The lowest BCUT2D eigenvalue weighted by Crippen LogP contribution is -2.49. The third-order valence-corrected chi connectivity index (χ3v) is 7.58. The van der Waals surface area contributed by atoms with Gasteiger partial charge in [0, 0.05) is 30.3 Å². The minimum Gasteiger partial charge on any atom is -0.497 e. The first-order valence-corrected chi connectivity index (χ1v) is 12.7. The fraction of sp³-hybridized carbons (Fsp3) is 0.429. The molecule has 8 nitrogen and oxygen atoms in total. The van der Waals surface area contributed by atoms with Gasteiger partial charge in [0.25, 0.3) is 0 Å². The summed E-state index contributed by atoms with van der Waals surface area (Å²) in [5, 5.41) is 21.5. The van der Waals surface area contributed by atoms with E-state index in [1.54, 1.807) is 24.9 Å². The number of nitrogens with zero attached hydrogens (tertiary/aromatic N) is 2. The lowest BCUT2D eigenvalue weighted by molar-refractivity contribution is -0.143. The van der Waals surface area contributed by atoms with Gasteiger partial charge >= 0.3 is 0 Å². The van der Waals surface area contributed by atoms with E-state index >= 15 is 0 Å². The standard InChI is InChI=1S/C28H32F3N3O5/c1-17-16-32-23-4-3-18(38-2)13-20(23)25(17)24(35)5-6-28(27(36)33-37)7-9-34(10-8-28)11-12-39-19-14-21(29)26(31)22(30)15-19/h3-4,13-16,24,35,37H,5-12H2,1-2H3,(H,33,36)/t24-/m1/s1. The molecule has 1 saturated heterocycles. The Morgan fingerprint density at radius 1 is 1.15 bits per heavy atom. The summed E-state index contributed by atoms with van der Waals surface area (Å²) in [5.41, 5.74) is 3.18. The van der Waals surface area contributed by atoms with Crippen LogP contribution in [0.4, 0.5) is 13.2 Å². The van der Waals surface area contributed by atoms with Crippen LogP contribution in [-0.2, 0) is 4.79 Å². The highest BCUT2D eigenvalue weighted by atomic mass is 19.2. The molecular formula is C28H32F3N3O5. The van der Waals surface area contributed by atoms with Gasteiger partial charge in [0.1, 0.15) is 18.1 Å². The molecule has 1 aromatic heterocycles. The minimum absolute atomic E-state index is 0.108. The third-order valence-electron chi connectivity index (χ3n) is 7.58. The van der Waals surface area contributed by atoms with E-state index in [1.807, 2.05) is 24.0 Å². The number of pyridine rings is 1. The molecule has 39 heavy (non-hydrogen) atoms. The Kier molecular flexibility index (Phi) is 8.94. The summed E-state index contributed by atoms with van der Waals surface area (Å²) < 4.78 is 50.6. The number of ether oxygens (including phenoxy) is 2. The largest absolute Gasteiger partial charge is 0.497 e. The number of benzene rings is 2. The highest BCUT2D eigenvalue weighted by molar-refractivity contribution is 5.85. The number of hydrogen-bond acceptors (Lipinski definition) is 7. The summed E-state index contributed by atoms with van der Waals surface area (Å²) in [4.78, 5) is 19.2. The number of aromatic nitrogens is 1. The molecule has 0 aliphatic carbocycles. The van der Waals surface area contributed by atoms with Gasteiger partial charge in [0.15, 0.2) is 17.5 Å². The Morgan fingerprint density at radius 3 is 2.49 bits per heavy atom. The van der Waals surface area contributed by atoms with Gasteiger partial charge in [0.2, 0.25) is 5.91 Å². The predicted octanol–water partition coefficient (Wildman–Crippen LogP) is 4.45. The third kappa shape index (κ3) is 6.26. The number of hydrogen-bond donors (Lipinski definition) is 3. The molecule has 0 spiro atoms. The molecule has 1 aliphatic rings. The molecule has 1 aliphatic heterocycles. The Morgan fingerprint density at radius 2 is 1.85 bits per heavy atom. The quantitative estimate of drug-likeness (QED) is 0.196. The van der Waals surface area contributed by atoms with Gasteiger partial charge in [-0.3, -0.25) is 19.9 Å². The monoisotopic (exact) mass is 547 g/mol. The molecular weight excluding hydrogens is 515 g/mol. The van der Waals surface area contributed by atoms with E-state index in [4.69, 9.17) is 9.47 Å². The van der Waals surface area contributed by atoms with Gasteiger partial charge in [-0.1, -0.05) is 0 Å². The Bertz CT molecular complexity index is 1310. The summed E-state index contributed by atoms with van der Waals surface area (Å²) in [6.07, 6.45) is 2.32. The number of piperidine rings is 1. The van der Waals surface area contributed by atoms with Crippen molar-refractivity contribution in [3.8, 4) is 11.5 Å². The molecule has 0 saturated carbocycles. The number of aliphatic hydroxyl groups excluding tert-OH is 1. The molecule has 1 fully saturated rings. The van der Waals surface area contributed by atoms with Gasteiger partial charge in [-0.05, 0) is 75.0 Å². The van der Waals surface area contributed by atoms with E-state index in [9.17, 15) is 28.3 Å². The molecule has 2 aromatic carbocycles. The van der Waals surface area contributed by atoms with E-state index < -0.39 is 34.9 Å². The average Bonchev–Trinajstić information content (AvgIpc) is 2.94. The van der Waals surface area contributed by atoms with Crippen molar-refractivity contribution in [1.82, 2.24) is 15.4 Å². The van der Waals surface area contributed by atoms with Crippen LogP contribution in [0.15, 0.2) is 36.5 Å². The summed E-state index contributed by atoms with van der Waals surface area (Å²) in [7, 11) is 1.57. The van der Waals surface area contributed by atoms with E-state index in [0.29, 0.717) is 44.6 Å². The number of carbonyl (C=O) groups is 1. The second kappa shape index (κ2) is 12.2. The van der Waals surface area contributed by atoms with Gasteiger partial charge in [-0.25, -0.2) is 18.7 Å². The van der Waals surface area contributed by atoms with Crippen molar-refractivity contribution in [2.24, 2.45) is 5.41 Å². The highest BCUT2D eigenvalue weighted by Crippen LogP contribution is 2.40. The number of carbonyl (C=O) groups excluding carboxylic acids is 1. The fourth-order valence-electron chi connectivity index (χ4n) is 5.24. The number of fused-ring (bicyclic) bond motifs is 1. The number of methoxy groups -OCH3 is 1. The maximum Gasteiger partial charge on any atom is 0.249 e. The molecule has 3 N–H and O–H groups in total. The summed E-state index contributed by atoms with van der Waals surface area (Å²) >= 11 is 0. The van der Waals surface area contributed by atoms with Gasteiger partial charge in [-0.2, -0.15) is 0 Å². The second-order valence-electron chi connectivity index (χ2n) is 9.90. The molecule has 0 radical (unpaired) electrons. The van der Waals surface area contributed by atoms with E-state index in [-0.39, 0.29) is 18.8 Å². The number of hydroxylamine groups is 1. The Labute approximate surface area is 224 Å². The van der Waals surface area contributed by atoms with Gasteiger partial charge in [0.05, 0.1) is 24.1 Å². The van der Waals surface area contributed by atoms with Crippen LogP contribution in [0.2, 0.25) is 0 Å². The van der Waals surface area contributed by atoms with Crippen LogP contribution in [0, 0.1) is 29.8 Å². The minimum atomic E-state index is -1.55.